The highest BCUT2D eigenvalue weighted by molar-refractivity contribution is 8.76. The van der Waals surface area contributed by atoms with Crippen molar-refractivity contribution in [3.63, 3.8) is 0 Å². The van der Waals surface area contributed by atoms with Crippen LogP contribution in [0, 0.1) is 0 Å². The van der Waals surface area contributed by atoms with Crippen LogP contribution in [0.1, 0.15) is 11.1 Å². The molecule has 0 unspecified atom stereocenters. The lowest BCUT2D eigenvalue weighted by molar-refractivity contribution is 1.04. The molecule has 0 atom stereocenters. The van der Waals surface area contributed by atoms with Gasteiger partial charge in [-0.15, -0.1) is 0 Å². The summed E-state index contributed by atoms with van der Waals surface area (Å²) in [6.45, 7) is 0. The molecule has 10 heteroatoms. The van der Waals surface area contributed by atoms with E-state index in [0.717, 1.165) is 20.9 Å². The fourth-order valence-electron chi connectivity index (χ4n) is 1.75. The van der Waals surface area contributed by atoms with Crippen LogP contribution in [0.2, 0.25) is 0 Å². The van der Waals surface area contributed by atoms with Gasteiger partial charge in [0.1, 0.15) is 0 Å². The first-order valence-electron chi connectivity index (χ1n) is 7.26. The number of thiocarbonyl (C=S) groups is 2. The van der Waals surface area contributed by atoms with E-state index in [9.17, 15) is 0 Å². The molecule has 134 valence electrons. The van der Waals surface area contributed by atoms with Crippen molar-refractivity contribution >= 4 is 68.7 Å². The molecule has 2 aromatic carbocycles. The summed E-state index contributed by atoms with van der Waals surface area (Å²) in [5, 5.41) is 8.28. The number of rotatable bonds is 7. The Bertz CT molecular complexity index is 767. The second kappa shape index (κ2) is 10.8. The van der Waals surface area contributed by atoms with Crippen LogP contribution in [0.15, 0.2) is 68.5 Å². The van der Waals surface area contributed by atoms with Crippen LogP contribution in [0.3, 0.4) is 0 Å². The van der Waals surface area contributed by atoms with Crippen molar-refractivity contribution in [3.8, 4) is 0 Å². The van der Waals surface area contributed by atoms with Crippen LogP contribution < -0.4 is 22.3 Å². The minimum Gasteiger partial charge on any atom is -0.375 e. The quantitative estimate of drug-likeness (QED) is 0.235. The third-order valence-corrected chi connectivity index (χ3v) is 5.51. The van der Waals surface area contributed by atoms with Crippen molar-refractivity contribution in [2.75, 3.05) is 0 Å². The largest absolute Gasteiger partial charge is 0.375 e. The number of hydrogen-bond acceptors (Lipinski definition) is 6. The molecule has 0 aliphatic rings. The first-order valence-corrected chi connectivity index (χ1v) is 10.2. The summed E-state index contributed by atoms with van der Waals surface area (Å²) >= 11 is 9.47. The van der Waals surface area contributed by atoms with E-state index in [2.05, 4.69) is 21.1 Å². The zero-order chi connectivity index (χ0) is 18.8. The maximum atomic E-state index is 5.37. The number of hydrazone groups is 2. The molecule has 0 aliphatic carbocycles. The maximum absolute atomic E-state index is 5.37. The first-order chi connectivity index (χ1) is 12.6. The van der Waals surface area contributed by atoms with Crippen LogP contribution in [0.5, 0.6) is 0 Å². The Morgan fingerprint density at radius 3 is 1.54 bits per heavy atom. The second-order valence-electron chi connectivity index (χ2n) is 4.71. The summed E-state index contributed by atoms with van der Waals surface area (Å²) in [5.41, 5.74) is 17.8. The molecule has 6 N–H and O–H groups in total. The van der Waals surface area contributed by atoms with Gasteiger partial charge in [-0.25, -0.2) is 0 Å². The normalized spacial score (nSPS) is 10.9. The van der Waals surface area contributed by atoms with E-state index < -0.39 is 0 Å². The summed E-state index contributed by atoms with van der Waals surface area (Å²) in [7, 11) is 3.23. The average Bonchev–Trinajstić information content (AvgIpc) is 2.61. The zero-order valence-corrected chi connectivity index (χ0v) is 16.7. The van der Waals surface area contributed by atoms with Gasteiger partial charge in [-0.3, -0.25) is 10.9 Å². The number of nitrogens with two attached hydrogens (primary N) is 2. The standard InChI is InChI=1S/C16H16N6S4/c17-15(23)21-19-9-11-5-1-3-7-13(11)25-26-14-8-4-2-6-12(14)10-20-22-16(18)24/h1-10H,(H3,17,21,23)(H3,18,22,24)/b19-9+,20-10+. The van der Waals surface area contributed by atoms with Crippen LogP contribution in [-0.2, 0) is 0 Å². The van der Waals surface area contributed by atoms with Gasteiger partial charge in [0.05, 0.1) is 12.4 Å². The summed E-state index contributed by atoms with van der Waals surface area (Å²) < 4.78 is 0. The molecule has 0 bridgehead atoms. The van der Waals surface area contributed by atoms with E-state index in [0.29, 0.717) is 0 Å². The molecule has 0 aromatic heterocycles. The Hall–Kier alpha value is -2.14. The molecule has 26 heavy (non-hydrogen) atoms. The highest BCUT2D eigenvalue weighted by atomic mass is 33.1. The third kappa shape index (κ3) is 7.00. The maximum Gasteiger partial charge on any atom is 0.184 e. The van der Waals surface area contributed by atoms with E-state index in [1.807, 2.05) is 48.5 Å². The molecule has 0 radical (unpaired) electrons. The molecule has 2 aromatic rings. The van der Waals surface area contributed by atoms with Crippen molar-refractivity contribution in [2.45, 2.75) is 9.79 Å². The molecule has 0 saturated heterocycles. The lowest BCUT2D eigenvalue weighted by atomic mass is 10.2. The van der Waals surface area contributed by atoms with Crippen LogP contribution in [0.4, 0.5) is 0 Å². The van der Waals surface area contributed by atoms with E-state index in [-0.39, 0.29) is 10.2 Å². The second-order valence-corrected chi connectivity index (χ2v) is 7.80. The van der Waals surface area contributed by atoms with Gasteiger partial charge in [0.2, 0.25) is 0 Å². The van der Waals surface area contributed by atoms with Crippen LogP contribution in [-0.4, -0.2) is 22.7 Å². The number of nitrogens with one attached hydrogen (secondary N) is 2. The van der Waals surface area contributed by atoms with E-state index in [1.165, 1.54) is 0 Å². The third-order valence-electron chi connectivity index (χ3n) is 2.82. The minimum absolute atomic E-state index is 0.125. The number of hydrogen-bond donors (Lipinski definition) is 4. The molecule has 2 rings (SSSR count). The minimum atomic E-state index is 0.125. The predicted molar refractivity (Wildman–Crippen MR) is 120 cm³/mol. The Morgan fingerprint density at radius 2 is 1.15 bits per heavy atom. The van der Waals surface area contributed by atoms with E-state index >= 15 is 0 Å². The Morgan fingerprint density at radius 1 is 0.769 bits per heavy atom. The number of nitrogens with zero attached hydrogens (tertiary/aromatic N) is 2. The van der Waals surface area contributed by atoms with E-state index in [1.54, 1.807) is 34.0 Å². The van der Waals surface area contributed by atoms with Gasteiger partial charge in [0, 0.05) is 20.9 Å². The Labute approximate surface area is 170 Å². The molecular weight excluding hydrogens is 404 g/mol. The van der Waals surface area contributed by atoms with Gasteiger partial charge in [-0.05, 0) is 36.6 Å². The van der Waals surface area contributed by atoms with Crippen molar-refractivity contribution < 1.29 is 0 Å². The Kier molecular flexibility index (Phi) is 8.35. The van der Waals surface area contributed by atoms with Crippen LogP contribution >= 0.6 is 46.0 Å². The first kappa shape index (κ1) is 20.2. The molecular formula is C16H16N6S4. The topological polar surface area (TPSA) is 101 Å². The van der Waals surface area contributed by atoms with Crippen LogP contribution in [0.25, 0.3) is 0 Å². The number of benzene rings is 2. The van der Waals surface area contributed by atoms with Crippen molar-refractivity contribution in [1.82, 2.24) is 10.9 Å². The molecule has 0 spiro atoms. The molecule has 6 nitrogen and oxygen atoms in total. The lowest BCUT2D eigenvalue weighted by Gasteiger charge is -2.07. The molecule has 0 aliphatic heterocycles. The SMILES string of the molecule is NC(=S)N/N=C/c1ccccc1SSc1ccccc1/C=N/NC(N)=S. The van der Waals surface area contributed by atoms with Gasteiger partial charge in [0.15, 0.2) is 10.2 Å². The zero-order valence-electron chi connectivity index (χ0n) is 13.5. The van der Waals surface area contributed by atoms with Crippen molar-refractivity contribution in [3.05, 3.63) is 59.7 Å². The summed E-state index contributed by atoms with van der Waals surface area (Å²) in [4.78, 5) is 2.11. The molecule has 0 heterocycles. The van der Waals surface area contributed by atoms with Gasteiger partial charge in [0.25, 0.3) is 0 Å². The smallest absolute Gasteiger partial charge is 0.184 e. The Balaban J connectivity index is 2.10. The van der Waals surface area contributed by atoms with Gasteiger partial charge in [-0.1, -0.05) is 58.0 Å². The molecule has 0 fully saturated rings. The summed E-state index contributed by atoms with van der Waals surface area (Å²) in [6.07, 6.45) is 3.36. The summed E-state index contributed by atoms with van der Waals surface area (Å²) in [5.74, 6) is 0. The highest BCUT2D eigenvalue weighted by Crippen LogP contribution is 2.39. The molecule has 0 saturated carbocycles. The molecule has 0 amide bonds. The summed E-state index contributed by atoms with van der Waals surface area (Å²) in [6, 6.07) is 15.8. The monoisotopic (exact) mass is 420 g/mol. The van der Waals surface area contributed by atoms with Gasteiger partial charge in [-0.2, -0.15) is 10.2 Å². The lowest BCUT2D eigenvalue weighted by Crippen LogP contribution is -2.24. The van der Waals surface area contributed by atoms with Crippen molar-refractivity contribution in [2.24, 2.45) is 21.7 Å². The fourth-order valence-corrected chi connectivity index (χ4v) is 4.18. The highest BCUT2D eigenvalue weighted by Gasteiger charge is 2.05. The van der Waals surface area contributed by atoms with Crippen molar-refractivity contribution in [1.29, 1.82) is 0 Å². The predicted octanol–water partition coefficient (Wildman–Crippen LogP) is 2.82. The van der Waals surface area contributed by atoms with Gasteiger partial charge < -0.3 is 11.5 Å². The van der Waals surface area contributed by atoms with E-state index in [4.69, 9.17) is 35.9 Å². The average molecular weight is 421 g/mol. The van der Waals surface area contributed by atoms with Gasteiger partial charge >= 0.3 is 0 Å². The fraction of sp³-hybridized carbons (Fsp3) is 0.